The first-order valence-electron chi connectivity index (χ1n) is 9.05. The number of carbonyl (C=O) groups excluding carboxylic acids is 1. The number of benzene rings is 2. The van der Waals surface area contributed by atoms with E-state index < -0.39 is 11.9 Å². The summed E-state index contributed by atoms with van der Waals surface area (Å²) < 4.78 is 6.87. The lowest BCUT2D eigenvalue weighted by molar-refractivity contribution is 0.0689. The summed E-state index contributed by atoms with van der Waals surface area (Å²) in [5.74, 6) is -0.645. The lowest BCUT2D eigenvalue weighted by atomic mass is 10.2. The van der Waals surface area contributed by atoms with Crippen LogP contribution in [0.2, 0.25) is 0 Å². The zero-order chi connectivity index (χ0) is 21.0. The molecule has 150 valence electrons. The van der Waals surface area contributed by atoms with Crippen LogP contribution in [0.4, 0.5) is 11.8 Å². The molecule has 0 saturated carbocycles. The highest BCUT2D eigenvalue weighted by atomic mass is 16.5. The van der Waals surface area contributed by atoms with Gasteiger partial charge in [0.15, 0.2) is 11.5 Å². The molecule has 1 amide bonds. The lowest BCUT2D eigenvalue weighted by Gasteiger charge is -2.15. The first kappa shape index (κ1) is 19.9. The van der Waals surface area contributed by atoms with E-state index in [-0.39, 0.29) is 11.5 Å². The van der Waals surface area contributed by atoms with Gasteiger partial charge in [0.05, 0.1) is 6.61 Å². The summed E-state index contributed by atoms with van der Waals surface area (Å²) in [4.78, 5) is 30.8. The molecule has 2 aromatic carbocycles. The number of carboxylic acid groups (broad SMARTS) is 1. The number of anilines is 2. The summed E-state index contributed by atoms with van der Waals surface area (Å²) in [6, 6.07) is 15.6. The first-order valence-corrected chi connectivity index (χ1v) is 9.05. The van der Waals surface area contributed by atoms with Gasteiger partial charge in [-0.05, 0) is 43.3 Å². The lowest BCUT2D eigenvalue weighted by Crippen LogP contribution is -2.17. The topological polar surface area (TPSA) is 96.7 Å². The Hall–Kier alpha value is -3.81. The van der Waals surface area contributed by atoms with E-state index in [1.807, 2.05) is 13.0 Å². The van der Waals surface area contributed by atoms with Gasteiger partial charge >= 0.3 is 5.97 Å². The van der Waals surface area contributed by atoms with E-state index in [9.17, 15) is 14.7 Å². The van der Waals surface area contributed by atoms with Crippen molar-refractivity contribution in [1.82, 2.24) is 9.55 Å². The molecule has 1 heterocycles. The highest BCUT2D eigenvalue weighted by Gasteiger charge is 2.26. The third-order valence-corrected chi connectivity index (χ3v) is 4.14. The van der Waals surface area contributed by atoms with Gasteiger partial charge in [-0.1, -0.05) is 18.2 Å². The van der Waals surface area contributed by atoms with Gasteiger partial charge in [0.1, 0.15) is 5.75 Å². The molecule has 0 aliphatic carbocycles. The second kappa shape index (κ2) is 8.47. The fourth-order valence-corrected chi connectivity index (χ4v) is 2.86. The van der Waals surface area contributed by atoms with Crippen LogP contribution in [0.5, 0.6) is 5.75 Å². The van der Waals surface area contributed by atoms with E-state index in [1.165, 1.54) is 4.57 Å². The number of para-hydroxylation sites is 1. The van der Waals surface area contributed by atoms with Crippen molar-refractivity contribution < 1.29 is 19.4 Å². The number of hydrogen-bond acceptors (Lipinski definition) is 5. The molecule has 0 radical (unpaired) electrons. The predicted octanol–water partition coefficient (Wildman–Crippen LogP) is 3.29. The Kier molecular flexibility index (Phi) is 5.82. The van der Waals surface area contributed by atoms with Gasteiger partial charge in [-0.25, -0.2) is 4.79 Å². The molecule has 0 unspecified atom stereocenters. The van der Waals surface area contributed by atoms with E-state index in [1.54, 1.807) is 67.5 Å². The zero-order valence-corrected chi connectivity index (χ0v) is 16.4. The smallest absolute Gasteiger partial charge is 0.356 e. The Morgan fingerprint density at radius 1 is 1.10 bits per heavy atom. The van der Waals surface area contributed by atoms with Gasteiger partial charge in [0.25, 0.3) is 5.91 Å². The largest absolute Gasteiger partial charge is 0.494 e. The van der Waals surface area contributed by atoms with Crippen LogP contribution in [0, 0.1) is 0 Å². The van der Waals surface area contributed by atoms with E-state index in [2.05, 4.69) is 10.3 Å². The van der Waals surface area contributed by atoms with Gasteiger partial charge < -0.3 is 20.1 Å². The Morgan fingerprint density at radius 2 is 1.76 bits per heavy atom. The molecule has 0 aliphatic rings. The van der Waals surface area contributed by atoms with Crippen molar-refractivity contribution in [2.24, 2.45) is 0 Å². The Bertz CT molecular complexity index is 1010. The number of nitrogens with zero attached hydrogens (tertiary/aromatic N) is 3. The van der Waals surface area contributed by atoms with E-state index in [4.69, 9.17) is 4.74 Å². The molecule has 8 nitrogen and oxygen atoms in total. The van der Waals surface area contributed by atoms with Gasteiger partial charge in [-0.2, -0.15) is 4.98 Å². The molecule has 0 saturated heterocycles. The Labute approximate surface area is 168 Å². The van der Waals surface area contributed by atoms with E-state index >= 15 is 0 Å². The minimum atomic E-state index is -1.20. The SMILES string of the molecule is CCOc1ccc(C(=O)Nc2nc(N(C)C)n(-c3ccccc3)c2C(=O)O)cc1. The third-order valence-electron chi connectivity index (χ3n) is 4.14. The van der Waals surface area contributed by atoms with Crippen molar-refractivity contribution in [3.63, 3.8) is 0 Å². The fraction of sp³-hybridized carbons (Fsp3) is 0.190. The van der Waals surface area contributed by atoms with Gasteiger partial charge in [-0.15, -0.1) is 0 Å². The molecule has 0 spiro atoms. The molecule has 0 bridgehead atoms. The summed E-state index contributed by atoms with van der Waals surface area (Å²) in [5, 5.41) is 12.5. The second-order valence-corrected chi connectivity index (χ2v) is 6.39. The van der Waals surface area contributed by atoms with Crippen molar-refractivity contribution >= 4 is 23.6 Å². The summed E-state index contributed by atoms with van der Waals surface area (Å²) >= 11 is 0. The van der Waals surface area contributed by atoms with E-state index in [0.717, 1.165) is 0 Å². The first-order chi connectivity index (χ1) is 13.9. The van der Waals surface area contributed by atoms with Gasteiger partial charge in [0, 0.05) is 25.3 Å². The summed E-state index contributed by atoms with van der Waals surface area (Å²) in [7, 11) is 3.51. The number of aromatic nitrogens is 2. The van der Waals surface area contributed by atoms with Crippen LogP contribution in [0.1, 0.15) is 27.8 Å². The summed E-state index contributed by atoms with van der Waals surface area (Å²) in [6.45, 7) is 2.40. The number of ether oxygens (including phenoxy) is 1. The van der Waals surface area contributed by atoms with Crippen molar-refractivity contribution in [1.29, 1.82) is 0 Å². The second-order valence-electron chi connectivity index (χ2n) is 6.39. The normalized spacial score (nSPS) is 10.4. The van der Waals surface area contributed by atoms with Crippen molar-refractivity contribution in [2.45, 2.75) is 6.92 Å². The Balaban J connectivity index is 2.01. The highest BCUT2D eigenvalue weighted by Crippen LogP contribution is 2.28. The van der Waals surface area contributed by atoms with Crippen LogP contribution in [0.3, 0.4) is 0 Å². The zero-order valence-electron chi connectivity index (χ0n) is 16.4. The van der Waals surface area contributed by atoms with Crippen LogP contribution in [0.15, 0.2) is 54.6 Å². The molecule has 3 aromatic rings. The van der Waals surface area contributed by atoms with Crippen LogP contribution in [0.25, 0.3) is 5.69 Å². The van der Waals surface area contributed by atoms with E-state index in [0.29, 0.717) is 29.6 Å². The van der Waals surface area contributed by atoms with Crippen LogP contribution in [-0.4, -0.2) is 47.2 Å². The maximum Gasteiger partial charge on any atom is 0.356 e. The van der Waals surface area contributed by atoms with Crippen molar-refractivity contribution in [3.8, 4) is 11.4 Å². The molecule has 0 atom stereocenters. The van der Waals surface area contributed by atoms with Crippen molar-refractivity contribution in [2.75, 3.05) is 30.9 Å². The number of rotatable bonds is 7. The molecule has 3 rings (SSSR count). The minimum absolute atomic E-state index is 0.0241. The highest BCUT2D eigenvalue weighted by molar-refractivity contribution is 6.07. The number of carboxylic acids is 1. The average molecular weight is 394 g/mol. The standard InChI is InChI=1S/C21H22N4O4/c1-4-29-16-12-10-14(11-13-16)19(26)22-18-17(20(27)28)25(21(23-18)24(2)3)15-8-6-5-7-9-15/h5-13H,4H2,1-3H3,(H,22,26)(H,27,28). The molecule has 0 aliphatic heterocycles. The fourth-order valence-electron chi connectivity index (χ4n) is 2.86. The molecule has 2 N–H and O–H groups in total. The number of imidazole rings is 1. The van der Waals surface area contributed by atoms with Gasteiger partial charge in [0.2, 0.25) is 5.95 Å². The Morgan fingerprint density at radius 3 is 2.31 bits per heavy atom. The number of aromatic carboxylic acids is 1. The molecular weight excluding hydrogens is 372 g/mol. The summed E-state index contributed by atoms with van der Waals surface area (Å²) in [5.41, 5.74) is 0.868. The molecular formula is C21H22N4O4. The maximum absolute atomic E-state index is 12.7. The van der Waals surface area contributed by atoms with Crippen molar-refractivity contribution in [3.05, 3.63) is 65.9 Å². The number of hydrogen-bond donors (Lipinski definition) is 2. The monoisotopic (exact) mass is 394 g/mol. The molecule has 29 heavy (non-hydrogen) atoms. The molecule has 0 fully saturated rings. The van der Waals surface area contributed by atoms with Crippen LogP contribution >= 0.6 is 0 Å². The average Bonchev–Trinajstić information content (AvgIpc) is 3.09. The molecule has 1 aromatic heterocycles. The minimum Gasteiger partial charge on any atom is -0.494 e. The summed E-state index contributed by atoms with van der Waals surface area (Å²) in [6.07, 6.45) is 0. The number of nitrogens with one attached hydrogen (secondary N) is 1. The predicted molar refractivity (Wildman–Crippen MR) is 110 cm³/mol. The maximum atomic E-state index is 12.7. The van der Waals surface area contributed by atoms with Crippen LogP contribution in [-0.2, 0) is 0 Å². The van der Waals surface area contributed by atoms with Gasteiger partial charge in [-0.3, -0.25) is 9.36 Å². The quantitative estimate of drug-likeness (QED) is 0.638. The molecule has 8 heteroatoms. The number of carbonyl (C=O) groups is 2. The van der Waals surface area contributed by atoms with Crippen LogP contribution < -0.4 is 15.0 Å². The third kappa shape index (κ3) is 4.21. The number of amides is 1.